The lowest BCUT2D eigenvalue weighted by Gasteiger charge is -2.17. The molecule has 0 aliphatic carbocycles. The van der Waals surface area contributed by atoms with E-state index < -0.39 is 0 Å². The summed E-state index contributed by atoms with van der Waals surface area (Å²) in [5.41, 5.74) is 4.13. The average molecular weight is 360 g/mol. The zero-order valence-electron chi connectivity index (χ0n) is 15.4. The maximum absolute atomic E-state index is 13.3. The van der Waals surface area contributed by atoms with Gasteiger partial charge in [-0.25, -0.2) is 9.37 Å². The van der Waals surface area contributed by atoms with Crippen LogP contribution in [0.25, 0.3) is 11.0 Å². The van der Waals surface area contributed by atoms with Crippen molar-refractivity contribution in [1.29, 1.82) is 0 Å². The molecule has 4 rings (SSSR count). The minimum absolute atomic E-state index is 0.223. The van der Waals surface area contributed by atoms with Crippen LogP contribution in [0.15, 0.2) is 72.8 Å². The lowest BCUT2D eigenvalue weighted by molar-refractivity contribution is 0.212. The third kappa shape index (κ3) is 3.70. The molecule has 4 aromatic rings. The van der Waals surface area contributed by atoms with Crippen molar-refractivity contribution in [2.75, 3.05) is 0 Å². The first-order chi connectivity index (χ1) is 13.1. The van der Waals surface area contributed by atoms with Gasteiger partial charge in [-0.05, 0) is 61.4 Å². The highest BCUT2D eigenvalue weighted by Crippen LogP contribution is 2.26. The van der Waals surface area contributed by atoms with Crippen molar-refractivity contribution in [2.24, 2.45) is 0 Å². The van der Waals surface area contributed by atoms with Crippen LogP contribution in [-0.4, -0.2) is 9.55 Å². The van der Waals surface area contributed by atoms with Crippen LogP contribution in [0, 0.1) is 12.7 Å². The molecular weight excluding hydrogens is 339 g/mol. The van der Waals surface area contributed by atoms with Gasteiger partial charge in [-0.1, -0.05) is 36.4 Å². The average Bonchev–Trinajstić information content (AvgIpc) is 3.02. The Kier molecular flexibility index (Phi) is 4.63. The van der Waals surface area contributed by atoms with E-state index in [1.54, 1.807) is 12.1 Å². The molecule has 0 aliphatic heterocycles. The van der Waals surface area contributed by atoms with Crippen molar-refractivity contribution < 1.29 is 9.13 Å². The van der Waals surface area contributed by atoms with Gasteiger partial charge in [0.15, 0.2) is 11.9 Å². The summed E-state index contributed by atoms with van der Waals surface area (Å²) in [4.78, 5) is 4.81. The normalized spacial score (nSPS) is 12.3. The van der Waals surface area contributed by atoms with Crippen LogP contribution in [0.1, 0.15) is 30.0 Å². The smallest absolute Gasteiger partial charge is 0.153 e. The van der Waals surface area contributed by atoms with Crippen molar-refractivity contribution in [2.45, 2.75) is 26.5 Å². The molecule has 1 unspecified atom stereocenters. The fourth-order valence-electron chi connectivity index (χ4n) is 3.29. The molecule has 27 heavy (non-hydrogen) atoms. The fraction of sp³-hybridized carbons (Fsp3) is 0.174. The van der Waals surface area contributed by atoms with Gasteiger partial charge in [0.2, 0.25) is 0 Å². The molecule has 0 N–H and O–H groups in total. The Hall–Kier alpha value is -3.14. The second-order valence-corrected chi connectivity index (χ2v) is 6.75. The van der Waals surface area contributed by atoms with Gasteiger partial charge in [0.05, 0.1) is 11.0 Å². The number of aryl methyl sites for hydroxylation is 1. The van der Waals surface area contributed by atoms with E-state index in [-0.39, 0.29) is 11.9 Å². The molecule has 0 spiro atoms. The van der Waals surface area contributed by atoms with E-state index in [4.69, 9.17) is 9.72 Å². The first kappa shape index (κ1) is 17.3. The van der Waals surface area contributed by atoms with Gasteiger partial charge in [0, 0.05) is 6.54 Å². The Balaban J connectivity index is 1.71. The largest absolute Gasteiger partial charge is 0.483 e. The summed E-state index contributed by atoms with van der Waals surface area (Å²) in [6.07, 6.45) is -0.223. The number of ether oxygens (including phenoxy) is 1. The maximum Gasteiger partial charge on any atom is 0.153 e. The van der Waals surface area contributed by atoms with Crippen LogP contribution >= 0.6 is 0 Å². The first-order valence-corrected chi connectivity index (χ1v) is 9.03. The highest BCUT2D eigenvalue weighted by Gasteiger charge is 2.18. The van der Waals surface area contributed by atoms with Crippen LogP contribution in [0.2, 0.25) is 0 Å². The summed E-state index contributed by atoms with van der Waals surface area (Å²) in [7, 11) is 0. The van der Waals surface area contributed by atoms with Crippen LogP contribution in [0.5, 0.6) is 5.75 Å². The summed E-state index contributed by atoms with van der Waals surface area (Å²) in [6, 6.07) is 22.6. The molecule has 136 valence electrons. The van der Waals surface area contributed by atoms with Gasteiger partial charge in [0.25, 0.3) is 0 Å². The molecule has 0 amide bonds. The Bertz CT molecular complexity index is 1070. The number of para-hydroxylation sites is 2. The number of rotatable bonds is 5. The molecule has 0 radical (unpaired) electrons. The first-order valence-electron chi connectivity index (χ1n) is 9.03. The number of aromatic nitrogens is 2. The lowest BCUT2D eigenvalue weighted by atomic mass is 10.2. The van der Waals surface area contributed by atoms with Crippen LogP contribution in [-0.2, 0) is 6.54 Å². The van der Waals surface area contributed by atoms with Gasteiger partial charge in [-0.3, -0.25) is 0 Å². The quantitative estimate of drug-likeness (QED) is 0.458. The Morgan fingerprint density at radius 3 is 2.56 bits per heavy atom. The van der Waals surface area contributed by atoms with E-state index in [1.165, 1.54) is 12.1 Å². The number of halogens is 1. The summed E-state index contributed by atoms with van der Waals surface area (Å²) in [5, 5.41) is 0. The fourth-order valence-corrected chi connectivity index (χ4v) is 3.29. The minimum Gasteiger partial charge on any atom is -0.483 e. The number of benzene rings is 3. The molecule has 4 heteroatoms. The second kappa shape index (κ2) is 7.23. The number of hydrogen-bond donors (Lipinski definition) is 0. The number of hydrogen-bond acceptors (Lipinski definition) is 2. The predicted octanol–water partition coefficient (Wildman–Crippen LogP) is 5.67. The van der Waals surface area contributed by atoms with Crippen molar-refractivity contribution in [3.8, 4) is 5.75 Å². The zero-order valence-corrected chi connectivity index (χ0v) is 15.4. The van der Waals surface area contributed by atoms with E-state index in [1.807, 2.05) is 56.3 Å². The van der Waals surface area contributed by atoms with Gasteiger partial charge in [0.1, 0.15) is 11.6 Å². The highest BCUT2D eigenvalue weighted by atomic mass is 19.1. The SMILES string of the molecule is Cc1cccc(OC(C)c2nc3ccccc3n2Cc2ccc(F)cc2)c1. The van der Waals surface area contributed by atoms with E-state index in [0.29, 0.717) is 6.54 Å². The highest BCUT2D eigenvalue weighted by molar-refractivity contribution is 5.76. The molecular formula is C23H21FN2O. The third-order valence-electron chi connectivity index (χ3n) is 4.60. The minimum atomic E-state index is -0.231. The third-order valence-corrected chi connectivity index (χ3v) is 4.60. The van der Waals surface area contributed by atoms with Crippen molar-refractivity contribution in [1.82, 2.24) is 9.55 Å². The van der Waals surface area contributed by atoms with Gasteiger partial charge < -0.3 is 9.30 Å². The molecule has 3 nitrogen and oxygen atoms in total. The molecule has 0 fully saturated rings. The number of nitrogens with zero attached hydrogens (tertiary/aromatic N) is 2. The van der Waals surface area contributed by atoms with E-state index in [2.05, 4.69) is 10.6 Å². The van der Waals surface area contributed by atoms with Crippen molar-refractivity contribution in [3.05, 3.63) is 95.6 Å². The lowest BCUT2D eigenvalue weighted by Crippen LogP contribution is -2.12. The Morgan fingerprint density at radius 1 is 1.00 bits per heavy atom. The standard InChI is InChI=1S/C23H21FN2O/c1-16-6-5-7-20(14-16)27-17(2)23-25-21-8-3-4-9-22(21)26(23)15-18-10-12-19(24)13-11-18/h3-14,17H,15H2,1-2H3. The molecule has 0 aliphatic rings. The molecule has 0 bridgehead atoms. The molecule has 0 saturated heterocycles. The molecule has 1 aromatic heterocycles. The van der Waals surface area contributed by atoms with Gasteiger partial charge in [-0.2, -0.15) is 0 Å². The molecule has 3 aromatic carbocycles. The monoisotopic (exact) mass is 360 g/mol. The van der Waals surface area contributed by atoms with Crippen LogP contribution in [0.3, 0.4) is 0 Å². The Labute approximate surface area is 158 Å². The Morgan fingerprint density at radius 2 is 1.78 bits per heavy atom. The number of imidazole rings is 1. The van der Waals surface area contributed by atoms with E-state index >= 15 is 0 Å². The topological polar surface area (TPSA) is 27.1 Å². The second-order valence-electron chi connectivity index (χ2n) is 6.75. The van der Waals surface area contributed by atoms with Gasteiger partial charge >= 0.3 is 0 Å². The zero-order chi connectivity index (χ0) is 18.8. The van der Waals surface area contributed by atoms with Crippen molar-refractivity contribution >= 4 is 11.0 Å². The molecule has 1 atom stereocenters. The summed E-state index contributed by atoms with van der Waals surface area (Å²) < 4.78 is 21.6. The summed E-state index contributed by atoms with van der Waals surface area (Å²) >= 11 is 0. The van der Waals surface area contributed by atoms with Crippen LogP contribution < -0.4 is 4.74 Å². The van der Waals surface area contributed by atoms with Crippen LogP contribution in [0.4, 0.5) is 4.39 Å². The number of fused-ring (bicyclic) bond motifs is 1. The maximum atomic E-state index is 13.3. The summed E-state index contributed by atoms with van der Waals surface area (Å²) in [6.45, 7) is 4.66. The molecule has 1 heterocycles. The van der Waals surface area contributed by atoms with E-state index in [9.17, 15) is 4.39 Å². The molecule has 0 saturated carbocycles. The van der Waals surface area contributed by atoms with Crippen molar-refractivity contribution in [3.63, 3.8) is 0 Å². The predicted molar refractivity (Wildman–Crippen MR) is 105 cm³/mol. The summed E-state index contributed by atoms with van der Waals surface area (Å²) in [5.74, 6) is 1.44. The van der Waals surface area contributed by atoms with E-state index in [0.717, 1.165) is 33.7 Å². The van der Waals surface area contributed by atoms with Gasteiger partial charge in [-0.15, -0.1) is 0 Å².